The summed E-state index contributed by atoms with van der Waals surface area (Å²) in [5, 5.41) is 9.36. The highest BCUT2D eigenvalue weighted by atomic mass is 16.7. The van der Waals surface area contributed by atoms with E-state index in [0.29, 0.717) is 31.2 Å². The van der Waals surface area contributed by atoms with Gasteiger partial charge < -0.3 is 19.5 Å². The number of fused-ring (bicyclic) bond motifs is 1. The van der Waals surface area contributed by atoms with Gasteiger partial charge in [-0.2, -0.15) is 0 Å². The normalized spacial score (nSPS) is 25.1. The van der Waals surface area contributed by atoms with Gasteiger partial charge in [0.2, 0.25) is 12.7 Å². The Labute approximate surface area is 228 Å². The summed E-state index contributed by atoms with van der Waals surface area (Å²) >= 11 is 0. The van der Waals surface area contributed by atoms with Gasteiger partial charge in [-0.05, 0) is 62.1 Å². The first-order chi connectivity index (χ1) is 18.5. The van der Waals surface area contributed by atoms with E-state index < -0.39 is 0 Å². The fraction of sp³-hybridized carbons (Fsp3) is 0.677. The van der Waals surface area contributed by atoms with E-state index in [4.69, 9.17) is 9.47 Å². The molecule has 3 aliphatic rings. The zero-order valence-corrected chi connectivity index (χ0v) is 23.1. The molecule has 4 atom stereocenters. The van der Waals surface area contributed by atoms with Crippen LogP contribution in [0.3, 0.4) is 0 Å². The molecule has 1 saturated heterocycles. The van der Waals surface area contributed by atoms with Crippen molar-refractivity contribution in [3.63, 3.8) is 0 Å². The smallest absolute Gasteiger partial charge is 0.236 e. The maximum absolute atomic E-state index is 13.5. The van der Waals surface area contributed by atoms with Crippen LogP contribution in [0.5, 0.6) is 11.5 Å². The highest BCUT2D eigenvalue weighted by Crippen LogP contribution is 2.43. The van der Waals surface area contributed by atoms with E-state index >= 15 is 0 Å². The third kappa shape index (κ3) is 7.17. The number of carbonyl (C=O) groups excluding carboxylic acids is 2. The van der Waals surface area contributed by atoms with Gasteiger partial charge in [0.05, 0.1) is 6.54 Å². The van der Waals surface area contributed by atoms with Crippen molar-refractivity contribution < 1.29 is 24.2 Å². The number of ketones is 1. The van der Waals surface area contributed by atoms with Crippen LogP contribution in [-0.2, 0) is 9.59 Å². The lowest BCUT2D eigenvalue weighted by Crippen LogP contribution is -2.44. The molecule has 0 radical (unpaired) electrons. The number of hydrogen-bond donors (Lipinski definition) is 1. The monoisotopic (exact) mass is 526 g/mol. The average molecular weight is 527 g/mol. The molecule has 1 amide bonds. The maximum Gasteiger partial charge on any atom is 0.236 e. The molecule has 0 bridgehead atoms. The Morgan fingerprint density at radius 1 is 1.18 bits per heavy atom. The first-order valence-corrected chi connectivity index (χ1v) is 14.7. The molecule has 1 N–H and O–H groups in total. The van der Waals surface area contributed by atoms with E-state index in [1.54, 1.807) is 0 Å². The Hall–Kier alpha value is -2.38. The summed E-state index contributed by atoms with van der Waals surface area (Å²) < 4.78 is 11.2. The highest BCUT2D eigenvalue weighted by Gasteiger charge is 2.42. The molecular formula is C31H46N2O5. The van der Waals surface area contributed by atoms with Crippen molar-refractivity contribution in [3.05, 3.63) is 36.4 Å². The second-order valence-corrected chi connectivity index (χ2v) is 11.3. The lowest BCUT2D eigenvalue weighted by molar-refractivity contribution is -0.133. The summed E-state index contributed by atoms with van der Waals surface area (Å²) in [6.45, 7) is 9.21. The predicted octanol–water partition coefficient (Wildman–Crippen LogP) is 4.93. The topological polar surface area (TPSA) is 79.3 Å². The van der Waals surface area contributed by atoms with Gasteiger partial charge in [-0.25, -0.2) is 0 Å². The lowest BCUT2D eigenvalue weighted by atomic mass is 9.81. The number of aliphatic hydroxyl groups is 1. The van der Waals surface area contributed by atoms with Crippen LogP contribution in [0.2, 0.25) is 0 Å². The van der Waals surface area contributed by atoms with Crippen LogP contribution in [0, 0.1) is 11.8 Å². The minimum atomic E-state index is 0.0939. The Balaban J connectivity index is 1.49. The molecule has 210 valence electrons. The predicted molar refractivity (Wildman–Crippen MR) is 148 cm³/mol. The number of ether oxygens (including phenoxy) is 2. The summed E-state index contributed by atoms with van der Waals surface area (Å²) in [7, 11) is 0. The van der Waals surface area contributed by atoms with Gasteiger partial charge in [0.1, 0.15) is 5.78 Å². The molecule has 2 heterocycles. The molecule has 0 spiro atoms. The van der Waals surface area contributed by atoms with Gasteiger partial charge in [-0.15, -0.1) is 6.58 Å². The summed E-state index contributed by atoms with van der Waals surface area (Å²) in [6, 6.07) is 6.42. The standard InChI is InChI=1S/C31H46N2O5/c1-3-5-15-32(16-8-17-34)31(36)21-33-20-27(24-13-14-29-30(19-24)38-22-37-29)26(4-2)28(33)12-7-10-23-9-6-11-25(35)18-23/h4,13-14,19,23,26-28,34H,2-3,5-12,15-18,20-22H2,1H3/t23?,26-,27-,28+/m1/s1. The van der Waals surface area contributed by atoms with E-state index in [-0.39, 0.29) is 37.2 Å². The van der Waals surface area contributed by atoms with Crippen LogP contribution in [0.1, 0.15) is 82.6 Å². The number of nitrogens with zero attached hydrogens (tertiary/aromatic N) is 2. The molecule has 7 nitrogen and oxygen atoms in total. The number of amides is 1. The number of aliphatic hydroxyl groups excluding tert-OH is 1. The van der Waals surface area contributed by atoms with Gasteiger partial charge >= 0.3 is 0 Å². The van der Waals surface area contributed by atoms with Crippen LogP contribution < -0.4 is 9.47 Å². The number of hydrogen-bond acceptors (Lipinski definition) is 6. The molecule has 1 aromatic carbocycles. The SMILES string of the molecule is C=C[C@@H]1[C@@H](c2ccc3c(c2)OCO3)CN(CC(=O)N(CCCC)CCCO)[C@H]1CCCC1CCCC(=O)C1. The van der Waals surface area contributed by atoms with Crippen LogP contribution in [0.25, 0.3) is 0 Å². The molecule has 1 saturated carbocycles. The minimum Gasteiger partial charge on any atom is -0.454 e. The first-order valence-electron chi connectivity index (χ1n) is 14.7. The second kappa shape index (κ2) is 14.1. The van der Waals surface area contributed by atoms with Crippen molar-refractivity contribution >= 4 is 11.7 Å². The van der Waals surface area contributed by atoms with Crippen molar-refractivity contribution in [1.82, 2.24) is 9.80 Å². The van der Waals surface area contributed by atoms with Crippen molar-refractivity contribution in [2.45, 2.75) is 83.1 Å². The highest BCUT2D eigenvalue weighted by molar-refractivity contribution is 5.79. The van der Waals surface area contributed by atoms with Crippen LogP contribution in [0.4, 0.5) is 0 Å². The Bertz CT molecular complexity index is 942. The molecule has 1 aliphatic carbocycles. The number of rotatable bonds is 14. The molecule has 38 heavy (non-hydrogen) atoms. The van der Waals surface area contributed by atoms with Crippen LogP contribution in [0.15, 0.2) is 30.9 Å². The van der Waals surface area contributed by atoms with E-state index in [9.17, 15) is 14.7 Å². The number of carbonyl (C=O) groups is 2. The quantitative estimate of drug-likeness (QED) is 0.347. The molecule has 1 aromatic rings. The van der Waals surface area contributed by atoms with Gasteiger partial charge in [0, 0.05) is 57.0 Å². The Kier molecular flexibility index (Phi) is 10.6. The van der Waals surface area contributed by atoms with E-state index in [2.05, 4.69) is 36.6 Å². The zero-order chi connectivity index (χ0) is 26.9. The van der Waals surface area contributed by atoms with Crippen molar-refractivity contribution in [1.29, 1.82) is 0 Å². The molecule has 4 rings (SSSR count). The number of likely N-dealkylation sites (tertiary alicyclic amines) is 1. The second-order valence-electron chi connectivity index (χ2n) is 11.3. The third-order valence-electron chi connectivity index (χ3n) is 8.66. The average Bonchev–Trinajstić information content (AvgIpc) is 3.52. The van der Waals surface area contributed by atoms with Gasteiger partial charge in [0.25, 0.3) is 0 Å². The lowest BCUT2D eigenvalue weighted by Gasteiger charge is -2.30. The summed E-state index contributed by atoms with van der Waals surface area (Å²) in [4.78, 5) is 29.8. The maximum atomic E-state index is 13.5. The van der Waals surface area contributed by atoms with Crippen LogP contribution in [-0.4, -0.2) is 72.2 Å². The van der Waals surface area contributed by atoms with E-state index in [1.165, 1.54) is 5.56 Å². The minimum absolute atomic E-state index is 0.0939. The molecule has 0 aromatic heterocycles. The first kappa shape index (κ1) is 28.6. The van der Waals surface area contributed by atoms with Gasteiger partial charge in [-0.1, -0.05) is 31.9 Å². The van der Waals surface area contributed by atoms with Crippen molar-refractivity contribution in [2.24, 2.45) is 11.8 Å². The fourth-order valence-electron chi connectivity index (χ4n) is 6.59. The molecule has 7 heteroatoms. The summed E-state index contributed by atoms with van der Waals surface area (Å²) in [5.41, 5.74) is 1.19. The van der Waals surface area contributed by atoms with Crippen LogP contribution >= 0.6 is 0 Å². The number of Topliss-reactive ketones (excluding diaryl/α,β-unsaturated/α-hetero) is 1. The van der Waals surface area contributed by atoms with E-state index in [1.807, 2.05) is 11.0 Å². The largest absolute Gasteiger partial charge is 0.454 e. The van der Waals surface area contributed by atoms with E-state index in [0.717, 1.165) is 82.4 Å². The zero-order valence-electron chi connectivity index (χ0n) is 23.1. The Morgan fingerprint density at radius 2 is 2.00 bits per heavy atom. The summed E-state index contributed by atoms with van der Waals surface area (Å²) in [5.74, 6) is 3.06. The van der Waals surface area contributed by atoms with Gasteiger partial charge in [-0.3, -0.25) is 14.5 Å². The molecule has 2 fully saturated rings. The van der Waals surface area contributed by atoms with Gasteiger partial charge in [0.15, 0.2) is 11.5 Å². The Morgan fingerprint density at radius 3 is 2.76 bits per heavy atom. The fourth-order valence-corrected chi connectivity index (χ4v) is 6.59. The molecule has 1 unspecified atom stereocenters. The number of unbranched alkanes of at least 4 members (excludes halogenated alkanes) is 1. The van der Waals surface area contributed by atoms with Crippen molar-refractivity contribution in [2.75, 3.05) is 39.6 Å². The summed E-state index contributed by atoms with van der Waals surface area (Å²) in [6.07, 6.45) is 11.4. The molecular weight excluding hydrogens is 480 g/mol. The van der Waals surface area contributed by atoms with Crippen molar-refractivity contribution in [3.8, 4) is 11.5 Å². The third-order valence-corrected chi connectivity index (χ3v) is 8.66. The molecule has 2 aliphatic heterocycles. The number of benzene rings is 1.